The van der Waals surface area contributed by atoms with Crippen LogP contribution in [0.4, 0.5) is 5.69 Å². The highest BCUT2D eigenvalue weighted by atomic mass is 35.5. The average Bonchev–Trinajstić information content (AvgIpc) is 2.56. The Labute approximate surface area is 140 Å². The minimum Gasteiger partial charge on any atom is -0.491 e. The van der Waals surface area contributed by atoms with Crippen LogP contribution in [0.15, 0.2) is 48.5 Å². The zero-order valence-corrected chi connectivity index (χ0v) is 13.5. The molecule has 0 spiro atoms. The van der Waals surface area contributed by atoms with Crippen molar-refractivity contribution in [3.05, 3.63) is 53.6 Å². The van der Waals surface area contributed by atoms with Crippen molar-refractivity contribution >= 4 is 23.2 Å². The molecule has 1 N–H and O–H groups in total. The van der Waals surface area contributed by atoms with Crippen molar-refractivity contribution in [2.24, 2.45) is 0 Å². The van der Waals surface area contributed by atoms with E-state index in [1.807, 2.05) is 0 Å². The maximum atomic E-state index is 11.8. The monoisotopic (exact) mass is 335 g/mol. The molecule has 0 unspecified atom stereocenters. The summed E-state index contributed by atoms with van der Waals surface area (Å²) >= 11 is 5.78. The molecule has 0 saturated carbocycles. The smallest absolute Gasteiger partial charge is 0.262 e. The normalized spacial score (nSPS) is 10.2. The highest BCUT2D eigenvalue weighted by Gasteiger charge is 2.04. The summed E-state index contributed by atoms with van der Waals surface area (Å²) < 4.78 is 15.7. The molecule has 5 nitrogen and oxygen atoms in total. The minimum atomic E-state index is -0.243. The standard InChI is InChI=1S/C17H18ClNO4/c1-21-10-11-22-15-8-4-14(5-9-15)19-17(20)12-23-16-6-2-13(18)3-7-16/h2-9H,10-12H2,1H3,(H,19,20). The molecule has 0 fully saturated rings. The largest absolute Gasteiger partial charge is 0.491 e. The Balaban J connectivity index is 1.77. The van der Waals surface area contributed by atoms with Crippen LogP contribution in [-0.4, -0.2) is 32.8 Å². The number of nitrogens with one attached hydrogen (secondary N) is 1. The maximum Gasteiger partial charge on any atom is 0.262 e. The van der Waals surface area contributed by atoms with Gasteiger partial charge in [0.15, 0.2) is 6.61 Å². The SMILES string of the molecule is COCCOc1ccc(NC(=O)COc2ccc(Cl)cc2)cc1. The number of hydrogen-bond donors (Lipinski definition) is 1. The second kappa shape index (κ2) is 9.02. The molecule has 0 aliphatic rings. The molecular weight excluding hydrogens is 318 g/mol. The van der Waals surface area contributed by atoms with Crippen LogP contribution in [0.1, 0.15) is 0 Å². The number of ether oxygens (including phenoxy) is 3. The fourth-order valence-electron chi connectivity index (χ4n) is 1.75. The lowest BCUT2D eigenvalue weighted by Crippen LogP contribution is -2.20. The summed E-state index contributed by atoms with van der Waals surface area (Å²) in [6.07, 6.45) is 0. The molecule has 0 bridgehead atoms. The van der Waals surface area contributed by atoms with E-state index in [1.54, 1.807) is 55.6 Å². The first-order valence-electron chi connectivity index (χ1n) is 7.07. The van der Waals surface area contributed by atoms with Crippen LogP contribution in [0.5, 0.6) is 11.5 Å². The molecule has 2 aromatic carbocycles. The van der Waals surface area contributed by atoms with E-state index in [-0.39, 0.29) is 12.5 Å². The van der Waals surface area contributed by atoms with Gasteiger partial charge in [0, 0.05) is 17.8 Å². The van der Waals surface area contributed by atoms with Crippen molar-refractivity contribution in [2.45, 2.75) is 0 Å². The van der Waals surface area contributed by atoms with Crippen molar-refractivity contribution in [1.82, 2.24) is 0 Å². The van der Waals surface area contributed by atoms with Gasteiger partial charge in [-0.05, 0) is 48.5 Å². The third-order valence-corrected chi connectivity index (χ3v) is 3.13. The quantitative estimate of drug-likeness (QED) is 0.751. The van der Waals surface area contributed by atoms with E-state index in [0.29, 0.717) is 29.7 Å². The van der Waals surface area contributed by atoms with E-state index in [4.69, 9.17) is 25.8 Å². The number of methoxy groups -OCH3 is 1. The lowest BCUT2D eigenvalue weighted by molar-refractivity contribution is -0.118. The molecule has 23 heavy (non-hydrogen) atoms. The van der Waals surface area contributed by atoms with Gasteiger partial charge in [-0.25, -0.2) is 0 Å². The summed E-state index contributed by atoms with van der Waals surface area (Å²) in [6.45, 7) is 0.936. The topological polar surface area (TPSA) is 56.8 Å². The molecule has 0 aliphatic heterocycles. The molecule has 0 aliphatic carbocycles. The maximum absolute atomic E-state index is 11.8. The fraction of sp³-hybridized carbons (Fsp3) is 0.235. The van der Waals surface area contributed by atoms with Crippen LogP contribution < -0.4 is 14.8 Å². The lowest BCUT2D eigenvalue weighted by Gasteiger charge is -2.09. The number of carbonyl (C=O) groups excluding carboxylic acids is 1. The molecule has 122 valence electrons. The van der Waals surface area contributed by atoms with Gasteiger partial charge in [-0.3, -0.25) is 4.79 Å². The van der Waals surface area contributed by atoms with Crippen molar-refractivity contribution in [3.8, 4) is 11.5 Å². The van der Waals surface area contributed by atoms with Crippen LogP contribution in [0.2, 0.25) is 5.02 Å². The van der Waals surface area contributed by atoms with Gasteiger partial charge in [0.25, 0.3) is 5.91 Å². The first kappa shape index (κ1) is 17.1. The third-order valence-electron chi connectivity index (χ3n) is 2.88. The Hall–Kier alpha value is -2.24. The second-order valence-electron chi connectivity index (χ2n) is 4.66. The van der Waals surface area contributed by atoms with Crippen molar-refractivity contribution in [1.29, 1.82) is 0 Å². The molecule has 0 saturated heterocycles. The fourth-order valence-corrected chi connectivity index (χ4v) is 1.88. The summed E-state index contributed by atoms with van der Waals surface area (Å²) in [5.74, 6) is 1.07. The highest BCUT2D eigenvalue weighted by molar-refractivity contribution is 6.30. The molecule has 0 atom stereocenters. The Morgan fingerprint density at radius 2 is 1.57 bits per heavy atom. The number of anilines is 1. The molecule has 0 heterocycles. The van der Waals surface area contributed by atoms with E-state index in [1.165, 1.54) is 0 Å². The first-order chi connectivity index (χ1) is 11.2. The Morgan fingerprint density at radius 3 is 2.22 bits per heavy atom. The molecule has 6 heteroatoms. The van der Waals surface area contributed by atoms with Crippen molar-refractivity contribution in [3.63, 3.8) is 0 Å². The van der Waals surface area contributed by atoms with Crippen LogP contribution in [0.3, 0.4) is 0 Å². The van der Waals surface area contributed by atoms with Crippen LogP contribution in [0.25, 0.3) is 0 Å². The van der Waals surface area contributed by atoms with Gasteiger partial charge in [0.2, 0.25) is 0 Å². The van der Waals surface area contributed by atoms with Crippen LogP contribution >= 0.6 is 11.6 Å². The number of benzene rings is 2. The van der Waals surface area contributed by atoms with Gasteiger partial charge in [0.1, 0.15) is 18.1 Å². The van der Waals surface area contributed by atoms with Gasteiger partial charge in [-0.2, -0.15) is 0 Å². The Kier molecular flexibility index (Phi) is 6.72. The van der Waals surface area contributed by atoms with E-state index in [2.05, 4.69) is 5.32 Å². The number of hydrogen-bond acceptors (Lipinski definition) is 4. The van der Waals surface area contributed by atoms with Crippen LogP contribution in [0, 0.1) is 0 Å². The predicted octanol–water partition coefficient (Wildman–Crippen LogP) is 3.38. The molecule has 1 amide bonds. The summed E-state index contributed by atoms with van der Waals surface area (Å²) in [5, 5.41) is 3.37. The molecule has 0 aromatic heterocycles. The zero-order chi connectivity index (χ0) is 16.5. The third kappa shape index (κ3) is 6.18. The number of rotatable bonds is 8. The van der Waals surface area contributed by atoms with Gasteiger partial charge in [-0.15, -0.1) is 0 Å². The molecule has 0 radical (unpaired) electrons. The summed E-state index contributed by atoms with van der Waals surface area (Å²) in [5.41, 5.74) is 0.675. The number of amides is 1. The number of halogens is 1. The van der Waals surface area contributed by atoms with Crippen LogP contribution in [-0.2, 0) is 9.53 Å². The molecule has 2 aromatic rings. The van der Waals surface area contributed by atoms with Gasteiger partial charge >= 0.3 is 0 Å². The Bertz CT molecular complexity index is 613. The summed E-state index contributed by atoms with van der Waals surface area (Å²) in [6, 6.07) is 13.9. The van der Waals surface area contributed by atoms with Gasteiger partial charge < -0.3 is 19.5 Å². The van der Waals surface area contributed by atoms with Crippen molar-refractivity contribution in [2.75, 3.05) is 32.2 Å². The van der Waals surface area contributed by atoms with Gasteiger partial charge in [-0.1, -0.05) is 11.6 Å². The highest BCUT2D eigenvalue weighted by Crippen LogP contribution is 2.17. The average molecular weight is 336 g/mol. The zero-order valence-electron chi connectivity index (χ0n) is 12.8. The summed E-state index contributed by atoms with van der Waals surface area (Å²) in [7, 11) is 1.62. The molecular formula is C17H18ClNO4. The van der Waals surface area contributed by atoms with E-state index >= 15 is 0 Å². The second-order valence-corrected chi connectivity index (χ2v) is 5.09. The summed E-state index contributed by atoms with van der Waals surface area (Å²) in [4.78, 5) is 11.8. The molecule has 2 rings (SSSR count). The minimum absolute atomic E-state index is 0.0757. The Morgan fingerprint density at radius 1 is 0.957 bits per heavy atom. The number of carbonyl (C=O) groups is 1. The van der Waals surface area contributed by atoms with Crippen molar-refractivity contribution < 1.29 is 19.0 Å². The van der Waals surface area contributed by atoms with E-state index in [0.717, 1.165) is 5.75 Å². The van der Waals surface area contributed by atoms with E-state index < -0.39 is 0 Å². The van der Waals surface area contributed by atoms with E-state index in [9.17, 15) is 4.79 Å². The predicted molar refractivity (Wildman–Crippen MR) is 89.4 cm³/mol. The lowest BCUT2D eigenvalue weighted by atomic mass is 10.3. The first-order valence-corrected chi connectivity index (χ1v) is 7.45. The van der Waals surface area contributed by atoms with Gasteiger partial charge in [0.05, 0.1) is 6.61 Å².